The monoisotopic (exact) mass is 368 g/mol. The number of carbonyl (C=O) groups is 1. The fourth-order valence-corrected chi connectivity index (χ4v) is 3.12. The van der Waals surface area contributed by atoms with Crippen LogP contribution in [0.3, 0.4) is 0 Å². The Hall–Kier alpha value is -3.04. The molecular weight excluding hydrogens is 348 g/mol. The smallest absolute Gasteiger partial charge is 0.273 e. The third-order valence-electron chi connectivity index (χ3n) is 4.74. The van der Waals surface area contributed by atoms with Crippen molar-refractivity contribution in [2.75, 3.05) is 25.5 Å². The zero-order valence-electron chi connectivity index (χ0n) is 15.1. The molecule has 2 aliphatic heterocycles. The molecule has 0 unspecified atom stereocenters. The second-order valence-electron chi connectivity index (χ2n) is 6.56. The number of carbonyl (C=O) groups excluding carboxylic acids is 1. The second-order valence-corrected chi connectivity index (χ2v) is 6.56. The Morgan fingerprint density at radius 2 is 2.19 bits per heavy atom. The van der Waals surface area contributed by atoms with Gasteiger partial charge in [0.1, 0.15) is 17.8 Å². The SMILES string of the molecule is Cc1ncccc1Nc1cc(C2=CCN([C@@]3(O)CCN(C)C3=O)O2)ncn1. The molecule has 2 aromatic heterocycles. The molecule has 0 aliphatic carbocycles. The molecule has 2 aromatic rings. The van der Waals surface area contributed by atoms with Crippen molar-refractivity contribution in [1.82, 2.24) is 24.9 Å². The number of hydrogen-bond donors (Lipinski definition) is 2. The maximum Gasteiger partial charge on any atom is 0.273 e. The van der Waals surface area contributed by atoms with Crippen molar-refractivity contribution < 1.29 is 14.7 Å². The minimum absolute atomic E-state index is 0.292. The predicted octanol–water partition coefficient (Wildman–Crippen LogP) is 1.06. The number of nitrogens with one attached hydrogen (secondary N) is 1. The Balaban J connectivity index is 1.50. The van der Waals surface area contributed by atoms with E-state index in [1.807, 2.05) is 19.1 Å². The molecule has 0 spiro atoms. The van der Waals surface area contributed by atoms with Crippen LogP contribution in [-0.2, 0) is 9.63 Å². The first-order valence-corrected chi connectivity index (χ1v) is 8.62. The third kappa shape index (κ3) is 3.11. The lowest BCUT2D eigenvalue weighted by atomic mass is 10.2. The molecule has 2 N–H and O–H groups in total. The molecule has 0 radical (unpaired) electrons. The first-order valence-electron chi connectivity index (χ1n) is 8.62. The van der Waals surface area contributed by atoms with Gasteiger partial charge in [-0.1, -0.05) is 5.06 Å². The number of hydrogen-bond acceptors (Lipinski definition) is 8. The molecule has 9 heteroatoms. The van der Waals surface area contributed by atoms with Gasteiger partial charge >= 0.3 is 0 Å². The first kappa shape index (κ1) is 17.4. The Kier molecular flexibility index (Phi) is 4.25. The van der Waals surface area contributed by atoms with Gasteiger partial charge in [-0.25, -0.2) is 9.97 Å². The normalized spacial score (nSPS) is 22.7. The number of amides is 1. The molecule has 0 aromatic carbocycles. The number of nitrogens with zero attached hydrogens (tertiary/aromatic N) is 5. The maximum absolute atomic E-state index is 12.2. The summed E-state index contributed by atoms with van der Waals surface area (Å²) in [4.78, 5) is 32.2. The van der Waals surface area contributed by atoms with E-state index in [-0.39, 0.29) is 5.91 Å². The molecule has 27 heavy (non-hydrogen) atoms. The number of likely N-dealkylation sites (tertiary alicyclic amines) is 1. The highest BCUT2D eigenvalue weighted by Crippen LogP contribution is 2.33. The van der Waals surface area contributed by atoms with Crippen molar-refractivity contribution in [1.29, 1.82) is 0 Å². The number of aliphatic hydroxyl groups is 1. The summed E-state index contributed by atoms with van der Waals surface area (Å²) in [5, 5.41) is 15.2. The van der Waals surface area contributed by atoms with Crippen molar-refractivity contribution in [2.24, 2.45) is 0 Å². The van der Waals surface area contributed by atoms with Gasteiger partial charge in [0.2, 0.25) is 5.72 Å². The van der Waals surface area contributed by atoms with Crippen LogP contribution in [0.25, 0.3) is 5.76 Å². The second kappa shape index (κ2) is 6.60. The van der Waals surface area contributed by atoms with Gasteiger partial charge in [-0.15, -0.1) is 0 Å². The molecule has 0 saturated carbocycles. The van der Waals surface area contributed by atoms with Gasteiger partial charge in [-0.2, -0.15) is 0 Å². The molecule has 1 saturated heterocycles. The molecule has 140 valence electrons. The highest BCUT2D eigenvalue weighted by atomic mass is 16.7. The molecule has 1 amide bonds. The van der Waals surface area contributed by atoms with Gasteiger partial charge in [0.25, 0.3) is 5.91 Å². The Bertz CT molecular complexity index is 917. The highest BCUT2D eigenvalue weighted by molar-refractivity contribution is 5.86. The van der Waals surface area contributed by atoms with Gasteiger partial charge in [-0.3, -0.25) is 9.78 Å². The molecule has 0 bridgehead atoms. The Labute approximate surface area is 156 Å². The molecule has 2 aliphatic rings. The Morgan fingerprint density at radius 3 is 2.93 bits per heavy atom. The topological polar surface area (TPSA) is 104 Å². The Morgan fingerprint density at radius 1 is 1.33 bits per heavy atom. The van der Waals surface area contributed by atoms with Crippen LogP contribution in [0.4, 0.5) is 11.5 Å². The van der Waals surface area contributed by atoms with E-state index in [2.05, 4.69) is 20.3 Å². The lowest BCUT2D eigenvalue weighted by molar-refractivity contribution is -0.232. The number of hydroxylamine groups is 2. The van der Waals surface area contributed by atoms with E-state index >= 15 is 0 Å². The summed E-state index contributed by atoms with van der Waals surface area (Å²) in [6.45, 7) is 2.68. The summed E-state index contributed by atoms with van der Waals surface area (Å²) >= 11 is 0. The number of aromatic nitrogens is 3. The summed E-state index contributed by atoms with van der Waals surface area (Å²) in [7, 11) is 1.66. The van der Waals surface area contributed by atoms with Crippen LogP contribution >= 0.6 is 0 Å². The highest BCUT2D eigenvalue weighted by Gasteiger charge is 2.51. The lowest BCUT2D eigenvalue weighted by Gasteiger charge is -2.30. The van der Waals surface area contributed by atoms with Gasteiger partial charge in [0.15, 0.2) is 5.76 Å². The van der Waals surface area contributed by atoms with Crippen LogP contribution in [0.2, 0.25) is 0 Å². The number of rotatable bonds is 4. The number of anilines is 2. The number of aryl methyl sites for hydroxylation is 1. The van der Waals surface area contributed by atoms with E-state index in [1.54, 1.807) is 25.4 Å². The molecule has 1 fully saturated rings. The molecular formula is C18H20N6O3. The number of pyridine rings is 1. The van der Waals surface area contributed by atoms with Gasteiger partial charge < -0.3 is 20.2 Å². The van der Waals surface area contributed by atoms with Crippen molar-refractivity contribution in [3.05, 3.63) is 48.2 Å². The quantitative estimate of drug-likeness (QED) is 0.826. The average Bonchev–Trinajstić information content (AvgIpc) is 3.27. The maximum atomic E-state index is 12.2. The van der Waals surface area contributed by atoms with E-state index in [9.17, 15) is 9.90 Å². The van der Waals surface area contributed by atoms with Crippen LogP contribution in [0.1, 0.15) is 17.8 Å². The van der Waals surface area contributed by atoms with Gasteiger partial charge in [0.05, 0.1) is 17.9 Å². The summed E-state index contributed by atoms with van der Waals surface area (Å²) in [5.41, 5.74) is 0.609. The van der Waals surface area contributed by atoms with Gasteiger partial charge in [-0.05, 0) is 25.1 Å². The van der Waals surface area contributed by atoms with Crippen LogP contribution in [0, 0.1) is 6.92 Å². The van der Waals surface area contributed by atoms with Crippen molar-refractivity contribution >= 4 is 23.2 Å². The van der Waals surface area contributed by atoms with Gasteiger partial charge in [0, 0.05) is 32.3 Å². The van der Waals surface area contributed by atoms with Crippen LogP contribution in [0.15, 0.2) is 36.8 Å². The van der Waals surface area contributed by atoms with Crippen LogP contribution in [0.5, 0.6) is 0 Å². The molecule has 4 heterocycles. The zero-order valence-corrected chi connectivity index (χ0v) is 15.1. The minimum Gasteiger partial charge on any atom is -0.400 e. The standard InChI is InChI=1S/C18H20N6O3/c1-12-13(4-3-7-19-12)22-16-10-14(20-11-21-16)15-5-8-24(27-15)18(26)6-9-23(2)17(18)25/h3-5,7,10-11,26H,6,8-9H2,1-2H3,(H,20,21,22)/t18-/m1/s1. The van der Waals surface area contributed by atoms with Crippen molar-refractivity contribution in [3.63, 3.8) is 0 Å². The fraction of sp³-hybridized carbons (Fsp3) is 0.333. The van der Waals surface area contributed by atoms with E-state index in [4.69, 9.17) is 4.84 Å². The van der Waals surface area contributed by atoms with Crippen LogP contribution in [-0.4, -0.2) is 61.8 Å². The first-order chi connectivity index (χ1) is 13.0. The fourth-order valence-electron chi connectivity index (χ4n) is 3.12. The number of likely N-dealkylation sites (N-methyl/N-ethyl adjacent to an activating group) is 1. The zero-order chi connectivity index (χ0) is 19.0. The summed E-state index contributed by atoms with van der Waals surface area (Å²) in [5.74, 6) is 0.697. The van der Waals surface area contributed by atoms with E-state index in [1.165, 1.54) is 16.3 Å². The minimum atomic E-state index is -1.64. The molecule has 1 atom stereocenters. The van der Waals surface area contributed by atoms with E-state index in [0.717, 1.165) is 11.4 Å². The van der Waals surface area contributed by atoms with E-state index in [0.29, 0.717) is 36.8 Å². The van der Waals surface area contributed by atoms with Crippen molar-refractivity contribution in [2.45, 2.75) is 19.1 Å². The molecule has 4 rings (SSSR count). The average molecular weight is 368 g/mol. The predicted molar refractivity (Wildman–Crippen MR) is 97.3 cm³/mol. The molecule has 9 nitrogen and oxygen atoms in total. The van der Waals surface area contributed by atoms with Crippen molar-refractivity contribution in [3.8, 4) is 0 Å². The van der Waals surface area contributed by atoms with E-state index < -0.39 is 5.72 Å². The summed E-state index contributed by atoms with van der Waals surface area (Å²) in [6, 6.07) is 5.50. The lowest BCUT2D eigenvalue weighted by Crippen LogP contribution is -2.52. The largest absolute Gasteiger partial charge is 0.400 e. The van der Waals surface area contributed by atoms with Crippen LogP contribution < -0.4 is 5.32 Å². The summed E-state index contributed by atoms with van der Waals surface area (Å²) < 4.78 is 0. The third-order valence-corrected chi connectivity index (χ3v) is 4.74. The summed E-state index contributed by atoms with van der Waals surface area (Å²) in [6.07, 6.45) is 5.23.